The van der Waals surface area contributed by atoms with Crippen molar-refractivity contribution in [1.82, 2.24) is 9.97 Å². The van der Waals surface area contributed by atoms with E-state index in [9.17, 15) is 14.9 Å². The molecular weight excluding hydrogens is 150 g/mol. The van der Waals surface area contributed by atoms with E-state index >= 15 is 0 Å². The lowest BCUT2D eigenvalue weighted by atomic mass is 10.5. The van der Waals surface area contributed by atoms with Crippen molar-refractivity contribution in [2.75, 3.05) is 0 Å². The fraction of sp³-hybridized carbons (Fsp3) is 0. The normalized spacial score (nSPS) is 9.09. The Kier molecular flexibility index (Phi) is 1.86. The van der Waals surface area contributed by atoms with Crippen LogP contribution in [-0.4, -0.2) is 20.8 Å². The highest BCUT2D eigenvalue weighted by atomic mass is 16.6. The van der Waals surface area contributed by atoms with E-state index in [0.29, 0.717) is 0 Å². The first-order valence-corrected chi connectivity index (χ1v) is 2.67. The SMILES string of the molecule is O=C(c1ncccn1)[N+](=O)[O-]. The molecule has 11 heavy (non-hydrogen) atoms. The summed E-state index contributed by atoms with van der Waals surface area (Å²) in [4.78, 5) is 26.1. The summed E-state index contributed by atoms with van der Waals surface area (Å²) in [6.45, 7) is 0. The standard InChI is InChI=1S/C5H3N3O3/c9-5(8(10)11)4-6-2-1-3-7-4/h1-3H. The molecule has 0 radical (unpaired) electrons. The largest absolute Gasteiger partial charge is 0.513 e. The van der Waals surface area contributed by atoms with Gasteiger partial charge in [-0.2, -0.15) is 0 Å². The Morgan fingerprint density at radius 3 is 2.45 bits per heavy atom. The predicted molar refractivity (Wildman–Crippen MR) is 33.4 cm³/mol. The molecule has 6 nitrogen and oxygen atoms in total. The van der Waals surface area contributed by atoms with E-state index in [1.165, 1.54) is 18.5 Å². The Balaban J connectivity index is 2.95. The zero-order valence-corrected chi connectivity index (χ0v) is 5.30. The summed E-state index contributed by atoms with van der Waals surface area (Å²) in [5.41, 5.74) is 0. The van der Waals surface area contributed by atoms with Gasteiger partial charge in [-0.05, 0) is 6.07 Å². The summed E-state index contributed by atoms with van der Waals surface area (Å²) < 4.78 is 0. The van der Waals surface area contributed by atoms with Crippen LogP contribution < -0.4 is 0 Å². The number of nitro groups is 1. The predicted octanol–water partition coefficient (Wildman–Crippen LogP) is -0.107. The molecule has 1 rings (SSSR count). The molecule has 1 aromatic heterocycles. The van der Waals surface area contributed by atoms with Crippen molar-refractivity contribution in [2.24, 2.45) is 0 Å². The van der Waals surface area contributed by atoms with E-state index in [0.717, 1.165) is 0 Å². The minimum absolute atomic E-state index is 0.391. The summed E-state index contributed by atoms with van der Waals surface area (Å²) in [7, 11) is 0. The quantitative estimate of drug-likeness (QED) is 0.415. The van der Waals surface area contributed by atoms with Gasteiger partial charge in [0.15, 0.2) is 0 Å². The molecule has 1 amide bonds. The molecule has 0 atom stereocenters. The van der Waals surface area contributed by atoms with E-state index in [1.54, 1.807) is 0 Å². The Morgan fingerprint density at radius 2 is 2.00 bits per heavy atom. The number of rotatable bonds is 1. The van der Waals surface area contributed by atoms with E-state index in [1.807, 2.05) is 0 Å². The molecular formula is C5H3N3O3. The number of hydrogen-bond acceptors (Lipinski definition) is 5. The van der Waals surface area contributed by atoms with E-state index in [4.69, 9.17) is 0 Å². The number of carbonyl (C=O) groups is 1. The lowest BCUT2D eigenvalue weighted by molar-refractivity contribution is -0.375. The van der Waals surface area contributed by atoms with Crippen molar-refractivity contribution in [3.8, 4) is 0 Å². The smallest absolute Gasteiger partial charge is 0.255 e. The molecule has 1 aromatic rings. The van der Waals surface area contributed by atoms with Crippen molar-refractivity contribution in [2.45, 2.75) is 0 Å². The van der Waals surface area contributed by atoms with Crippen LogP contribution in [0.5, 0.6) is 0 Å². The zero-order valence-electron chi connectivity index (χ0n) is 5.30. The van der Waals surface area contributed by atoms with Crippen LogP contribution in [0.1, 0.15) is 10.6 Å². The lowest BCUT2D eigenvalue weighted by Gasteiger charge is -1.86. The van der Waals surface area contributed by atoms with Crippen molar-refractivity contribution >= 4 is 5.91 Å². The molecule has 0 aliphatic heterocycles. The molecule has 0 aliphatic rings. The van der Waals surface area contributed by atoms with Crippen LogP contribution in [0.15, 0.2) is 18.5 Å². The van der Waals surface area contributed by atoms with Gasteiger partial charge in [-0.25, -0.2) is 14.8 Å². The highest BCUT2D eigenvalue weighted by Gasteiger charge is 2.20. The van der Waals surface area contributed by atoms with Gasteiger partial charge in [0.05, 0.1) is 0 Å². The van der Waals surface area contributed by atoms with Gasteiger partial charge in [-0.1, -0.05) is 0 Å². The van der Waals surface area contributed by atoms with Gasteiger partial charge >= 0.3 is 5.91 Å². The molecule has 1 heterocycles. The Labute approximate surface area is 61.1 Å². The highest BCUT2D eigenvalue weighted by molar-refractivity contribution is 5.82. The Morgan fingerprint density at radius 1 is 1.45 bits per heavy atom. The minimum atomic E-state index is -1.29. The Bertz CT molecular complexity index is 284. The van der Waals surface area contributed by atoms with E-state index in [-0.39, 0.29) is 0 Å². The third kappa shape index (κ3) is 1.54. The van der Waals surface area contributed by atoms with Crippen molar-refractivity contribution in [3.05, 3.63) is 34.4 Å². The maximum Gasteiger partial charge on any atom is 0.513 e. The minimum Gasteiger partial charge on any atom is -0.255 e. The molecule has 0 bridgehead atoms. The van der Waals surface area contributed by atoms with Gasteiger partial charge in [-0.3, -0.25) is 10.1 Å². The number of aromatic nitrogens is 2. The van der Waals surface area contributed by atoms with Gasteiger partial charge in [0.25, 0.3) is 5.82 Å². The molecule has 0 spiro atoms. The van der Waals surface area contributed by atoms with Crippen LogP contribution >= 0.6 is 0 Å². The van der Waals surface area contributed by atoms with Crippen LogP contribution in [0, 0.1) is 10.1 Å². The maximum absolute atomic E-state index is 10.5. The topological polar surface area (TPSA) is 86.0 Å². The zero-order chi connectivity index (χ0) is 8.27. The van der Waals surface area contributed by atoms with Crippen molar-refractivity contribution in [3.63, 3.8) is 0 Å². The van der Waals surface area contributed by atoms with Crippen molar-refractivity contribution < 1.29 is 9.72 Å². The van der Waals surface area contributed by atoms with Crippen LogP contribution in [0.2, 0.25) is 0 Å². The van der Waals surface area contributed by atoms with Gasteiger partial charge in [0.1, 0.15) is 4.92 Å². The Hall–Kier alpha value is -1.85. The second-order valence-electron chi connectivity index (χ2n) is 1.63. The van der Waals surface area contributed by atoms with Crippen LogP contribution in [0.3, 0.4) is 0 Å². The summed E-state index contributed by atoms with van der Waals surface area (Å²) in [6.07, 6.45) is 2.54. The average molecular weight is 153 g/mol. The molecule has 0 unspecified atom stereocenters. The summed E-state index contributed by atoms with van der Waals surface area (Å²) >= 11 is 0. The first-order valence-electron chi connectivity index (χ1n) is 2.67. The monoisotopic (exact) mass is 153 g/mol. The van der Waals surface area contributed by atoms with Gasteiger partial charge < -0.3 is 0 Å². The number of amides is 1. The summed E-state index contributed by atoms with van der Waals surface area (Å²) in [5.74, 6) is -1.68. The number of carbonyl (C=O) groups excluding carboxylic acids is 1. The molecule has 6 heteroatoms. The van der Waals surface area contributed by atoms with E-state index < -0.39 is 16.7 Å². The van der Waals surface area contributed by atoms with Crippen molar-refractivity contribution in [1.29, 1.82) is 0 Å². The fourth-order valence-electron chi connectivity index (χ4n) is 0.491. The van der Waals surface area contributed by atoms with Gasteiger partial charge in [0, 0.05) is 12.4 Å². The number of hydrogen-bond donors (Lipinski definition) is 0. The molecule has 0 fully saturated rings. The number of nitrogens with zero attached hydrogens (tertiary/aromatic N) is 3. The van der Waals surface area contributed by atoms with Crippen LogP contribution in [-0.2, 0) is 0 Å². The van der Waals surface area contributed by atoms with Crippen LogP contribution in [0.25, 0.3) is 0 Å². The molecule has 0 saturated heterocycles. The fourth-order valence-corrected chi connectivity index (χ4v) is 0.491. The summed E-state index contributed by atoms with van der Waals surface area (Å²) in [5, 5.41) is 9.88. The van der Waals surface area contributed by atoms with Gasteiger partial charge in [-0.15, -0.1) is 0 Å². The van der Waals surface area contributed by atoms with E-state index in [2.05, 4.69) is 9.97 Å². The third-order valence-corrected chi connectivity index (χ3v) is 0.923. The molecule has 0 saturated carbocycles. The second kappa shape index (κ2) is 2.82. The second-order valence-corrected chi connectivity index (χ2v) is 1.63. The summed E-state index contributed by atoms with van der Waals surface area (Å²) in [6, 6.07) is 1.47. The lowest BCUT2D eigenvalue weighted by Crippen LogP contribution is -2.14. The maximum atomic E-state index is 10.5. The first-order chi connectivity index (χ1) is 5.22. The van der Waals surface area contributed by atoms with Gasteiger partial charge in [0.2, 0.25) is 0 Å². The first kappa shape index (κ1) is 7.26. The molecule has 0 N–H and O–H groups in total. The molecule has 56 valence electrons. The van der Waals surface area contributed by atoms with Crippen LogP contribution in [0.4, 0.5) is 0 Å². The average Bonchev–Trinajstić information content (AvgIpc) is 2.05. The molecule has 0 aromatic carbocycles. The highest BCUT2D eigenvalue weighted by Crippen LogP contribution is 1.89. The third-order valence-electron chi connectivity index (χ3n) is 0.923. The molecule has 0 aliphatic carbocycles.